The lowest BCUT2D eigenvalue weighted by atomic mass is 9.92. The first-order valence-electron chi connectivity index (χ1n) is 11.1. The highest BCUT2D eigenvalue weighted by molar-refractivity contribution is 5.89. The zero-order chi connectivity index (χ0) is 22.5. The number of rotatable bonds is 6. The Kier molecular flexibility index (Phi) is 6.87. The normalized spacial score (nSPS) is 19.0. The maximum atomic E-state index is 12.7. The van der Waals surface area contributed by atoms with E-state index >= 15 is 0 Å². The zero-order valence-corrected chi connectivity index (χ0v) is 18.7. The summed E-state index contributed by atoms with van der Waals surface area (Å²) >= 11 is 0. The Balaban J connectivity index is 1.35. The number of carbonyl (C=O) groups is 1. The number of aliphatic hydroxyl groups is 1. The van der Waals surface area contributed by atoms with Gasteiger partial charge in [-0.3, -0.25) is 4.90 Å². The molecule has 0 saturated carbocycles. The Hall–Kier alpha value is -3.16. The molecule has 2 amide bonds. The van der Waals surface area contributed by atoms with Gasteiger partial charge in [0.15, 0.2) is 0 Å². The first kappa shape index (κ1) is 22.0. The molecule has 1 aliphatic rings. The van der Waals surface area contributed by atoms with Gasteiger partial charge in [0.1, 0.15) is 0 Å². The number of nitrogens with zero attached hydrogens (tertiary/aromatic N) is 3. The van der Waals surface area contributed by atoms with Crippen LogP contribution in [0.5, 0.6) is 0 Å². The van der Waals surface area contributed by atoms with Crippen LogP contribution in [-0.4, -0.2) is 51.6 Å². The fraction of sp³-hybridized carbons (Fsp3) is 0.360. The number of urea groups is 1. The molecular formula is C25H31N5O2. The maximum Gasteiger partial charge on any atom is 0.319 e. The van der Waals surface area contributed by atoms with Crippen molar-refractivity contribution in [3.63, 3.8) is 0 Å². The summed E-state index contributed by atoms with van der Waals surface area (Å²) in [6, 6.07) is 19.7. The Bertz CT molecular complexity index is 1050. The van der Waals surface area contributed by atoms with E-state index in [0.29, 0.717) is 5.69 Å². The second kappa shape index (κ2) is 9.97. The Morgan fingerprint density at radius 3 is 2.66 bits per heavy atom. The van der Waals surface area contributed by atoms with E-state index in [9.17, 15) is 9.90 Å². The van der Waals surface area contributed by atoms with Crippen molar-refractivity contribution < 1.29 is 9.90 Å². The fourth-order valence-corrected chi connectivity index (χ4v) is 4.41. The smallest absolute Gasteiger partial charge is 0.319 e. The molecular weight excluding hydrogens is 402 g/mol. The van der Waals surface area contributed by atoms with Crippen molar-refractivity contribution in [2.24, 2.45) is 5.92 Å². The maximum absolute atomic E-state index is 12.7. The minimum atomic E-state index is -0.254. The SMILES string of the molecule is Cc1cc(C)n(-c2cccc(NC(=O)N[C@@H]3CCN(Cc4ccccc4)C[C@H]3CO)c2)n1. The van der Waals surface area contributed by atoms with Gasteiger partial charge in [0.2, 0.25) is 0 Å². The number of amides is 2. The van der Waals surface area contributed by atoms with Crippen LogP contribution in [0.15, 0.2) is 60.7 Å². The second-order valence-corrected chi connectivity index (χ2v) is 8.55. The predicted molar refractivity (Wildman–Crippen MR) is 126 cm³/mol. The molecule has 1 aromatic heterocycles. The van der Waals surface area contributed by atoms with Gasteiger partial charge in [-0.05, 0) is 50.1 Å². The van der Waals surface area contributed by atoms with E-state index in [1.807, 2.05) is 67.1 Å². The molecule has 3 aromatic rings. The van der Waals surface area contributed by atoms with Gasteiger partial charge in [0.05, 0.1) is 11.4 Å². The Morgan fingerprint density at radius 2 is 1.94 bits per heavy atom. The number of aryl methyl sites for hydroxylation is 2. The molecule has 7 nitrogen and oxygen atoms in total. The van der Waals surface area contributed by atoms with Crippen molar-refractivity contribution >= 4 is 11.7 Å². The lowest BCUT2D eigenvalue weighted by molar-refractivity contribution is 0.0895. The van der Waals surface area contributed by atoms with Gasteiger partial charge in [0, 0.05) is 49.6 Å². The highest BCUT2D eigenvalue weighted by atomic mass is 16.3. The minimum absolute atomic E-state index is 0.000698. The number of anilines is 1. The number of benzene rings is 2. The van der Waals surface area contributed by atoms with E-state index in [0.717, 1.165) is 43.1 Å². The molecule has 0 unspecified atom stereocenters. The average Bonchev–Trinajstić information content (AvgIpc) is 3.13. The van der Waals surface area contributed by atoms with Gasteiger partial charge in [0.25, 0.3) is 0 Å². The van der Waals surface area contributed by atoms with E-state index in [2.05, 4.69) is 32.8 Å². The van der Waals surface area contributed by atoms with Crippen LogP contribution in [0.1, 0.15) is 23.4 Å². The van der Waals surface area contributed by atoms with Crippen molar-refractivity contribution in [3.05, 3.63) is 77.6 Å². The largest absolute Gasteiger partial charge is 0.396 e. The van der Waals surface area contributed by atoms with Crippen molar-refractivity contribution in [3.8, 4) is 5.69 Å². The van der Waals surface area contributed by atoms with Gasteiger partial charge in [-0.25, -0.2) is 9.48 Å². The van der Waals surface area contributed by atoms with Gasteiger partial charge in [-0.15, -0.1) is 0 Å². The first-order valence-corrected chi connectivity index (χ1v) is 11.1. The average molecular weight is 434 g/mol. The van der Waals surface area contributed by atoms with Crippen molar-refractivity contribution in [2.75, 3.05) is 25.0 Å². The molecule has 32 heavy (non-hydrogen) atoms. The quantitative estimate of drug-likeness (QED) is 0.556. The van der Waals surface area contributed by atoms with Gasteiger partial charge in [-0.2, -0.15) is 5.10 Å². The van der Waals surface area contributed by atoms with Crippen LogP contribution in [0.25, 0.3) is 5.69 Å². The van der Waals surface area contributed by atoms with Crippen LogP contribution in [-0.2, 0) is 6.54 Å². The topological polar surface area (TPSA) is 82.4 Å². The van der Waals surface area contributed by atoms with Gasteiger partial charge >= 0.3 is 6.03 Å². The number of aromatic nitrogens is 2. The van der Waals surface area contributed by atoms with Crippen LogP contribution in [0.3, 0.4) is 0 Å². The number of nitrogens with one attached hydrogen (secondary N) is 2. The van der Waals surface area contributed by atoms with Crippen molar-refractivity contribution in [2.45, 2.75) is 32.9 Å². The van der Waals surface area contributed by atoms with Crippen molar-refractivity contribution in [1.29, 1.82) is 0 Å². The number of likely N-dealkylation sites (tertiary alicyclic amines) is 1. The summed E-state index contributed by atoms with van der Waals surface area (Å²) in [7, 11) is 0. The minimum Gasteiger partial charge on any atom is -0.396 e. The Labute approximate surface area is 189 Å². The molecule has 0 spiro atoms. The molecule has 0 bridgehead atoms. The molecule has 2 heterocycles. The molecule has 1 fully saturated rings. The summed E-state index contributed by atoms with van der Waals surface area (Å²) in [5.41, 5.74) is 4.85. The van der Waals surface area contributed by atoms with Crippen molar-refractivity contribution in [1.82, 2.24) is 20.0 Å². The summed E-state index contributed by atoms with van der Waals surface area (Å²) in [4.78, 5) is 15.0. The highest BCUT2D eigenvalue weighted by Gasteiger charge is 2.30. The third-order valence-corrected chi connectivity index (χ3v) is 5.98. The standard InChI is InChI=1S/C25H31N5O2/c1-18-13-19(2)30(28-18)23-10-6-9-22(14-23)26-25(32)27-24-11-12-29(16-21(24)17-31)15-20-7-4-3-5-8-20/h3-10,13-14,21,24,31H,11-12,15-17H2,1-2H3,(H2,26,27,32)/t21-,24+/m0/s1. The van der Waals surface area contributed by atoms with Crippen LogP contribution in [0.4, 0.5) is 10.5 Å². The number of aliphatic hydroxyl groups excluding tert-OH is 1. The molecule has 0 radical (unpaired) electrons. The summed E-state index contributed by atoms with van der Waals surface area (Å²) in [5, 5.41) is 20.4. The van der Waals surface area contributed by atoms with Crippen LogP contribution in [0.2, 0.25) is 0 Å². The van der Waals surface area contributed by atoms with E-state index in [-0.39, 0.29) is 24.6 Å². The molecule has 2 aromatic carbocycles. The van der Waals surface area contributed by atoms with Crippen LogP contribution in [0, 0.1) is 19.8 Å². The third kappa shape index (κ3) is 5.36. The lowest BCUT2D eigenvalue weighted by Crippen LogP contribution is -2.52. The van der Waals surface area contributed by atoms with Gasteiger partial charge < -0.3 is 15.7 Å². The zero-order valence-electron chi connectivity index (χ0n) is 18.7. The number of piperidine rings is 1. The van der Waals surface area contributed by atoms with E-state index in [1.54, 1.807) is 0 Å². The molecule has 7 heteroatoms. The van der Waals surface area contributed by atoms with Gasteiger partial charge in [-0.1, -0.05) is 36.4 Å². The molecule has 3 N–H and O–H groups in total. The number of hydrogen-bond acceptors (Lipinski definition) is 4. The monoisotopic (exact) mass is 433 g/mol. The molecule has 168 valence electrons. The third-order valence-electron chi connectivity index (χ3n) is 5.98. The lowest BCUT2D eigenvalue weighted by Gasteiger charge is -2.38. The molecule has 1 aliphatic heterocycles. The molecule has 4 rings (SSSR count). The highest BCUT2D eigenvalue weighted by Crippen LogP contribution is 2.20. The Morgan fingerprint density at radius 1 is 1.12 bits per heavy atom. The molecule has 2 atom stereocenters. The van der Waals surface area contributed by atoms with Crippen LogP contribution < -0.4 is 10.6 Å². The summed E-state index contributed by atoms with van der Waals surface area (Å²) < 4.78 is 1.86. The number of hydrogen-bond donors (Lipinski definition) is 3. The predicted octanol–water partition coefficient (Wildman–Crippen LogP) is 3.49. The summed E-state index contributed by atoms with van der Waals surface area (Å²) in [6.07, 6.45) is 0.803. The molecule has 1 saturated heterocycles. The van der Waals surface area contributed by atoms with Crippen LogP contribution >= 0.6 is 0 Å². The summed E-state index contributed by atoms with van der Waals surface area (Å²) in [6.45, 7) is 6.50. The van der Waals surface area contributed by atoms with E-state index in [1.165, 1.54) is 5.56 Å². The van der Waals surface area contributed by atoms with E-state index < -0.39 is 0 Å². The number of carbonyl (C=O) groups excluding carboxylic acids is 1. The molecule has 0 aliphatic carbocycles. The first-order chi connectivity index (χ1) is 15.5. The summed E-state index contributed by atoms with van der Waals surface area (Å²) in [5.74, 6) is -0.000698. The van der Waals surface area contributed by atoms with E-state index in [4.69, 9.17) is 0 Å². The second-order valence-electron chi connectivity index (χ2n) is 8.55. The fourth-order valence-electron chi connectivity index (χ4n) is 4.41.